The van der Waals surface area contributed by atoms with Gasteiger partial charge in [-0.1, -0.05) is 5.72 Å². The lowest BCUT2D eigenvalue weighted by molar-refractivity contribution is 0.0694. The van der Waals surface area contributed by atoms with Gasteiger partial charge in [-0.25, -0.2) is 0 Å². The van der Waals surface area contributed by atoms with Crippen molar-refractivity contribution in [2.75, 3.05) is 13.2 Å². The molecule has 1 saturated heterocycles. The Morgan fingerprint density at radius 3 is 2.11 bits per heavy atom. The van der Waals surface area contributed by atoms with Crippen LogP contribution in [0.4, 0.5) is 0 Å². The van der Waals surface area contributed by atoms with Gasteiger partial charge in [0.15, 0.2) is 0 Å². The summed E-state index contributed by atoms with van der Waals surface area (Å²) in [5, 5.41) is 0. The molecule has 3 heteroatoms. The van der Waals surface area contributed by atoms with Crippen LogP contribution in [-0.4, -0.2) is 28.9 Å². The van der Waals surface area contributed by atoms with Gasteiger partial charge in [0.05, 0.1) is 15.7 Å². The lowest BCUT2D eigenvalue weighted by Gasteiger charge is -2.25. The van der Waals surface area contributed by atoms with E-state index in [2.05, 4.69) is 15.7 Å². The van der Waals surface area contributed by atoms with Crippen LogP contribution in [0, 0.1) is 5.92 Å². The van der Waals surface area contributed by atoms with E-state index < -0.39 is 0 Å². The van der Waals surface area contributed by atoms with Crippen LogP contribution in [0.15, 0.2) is 0 Å². The molecule has 0 N–H and O–H groups in total. The fraction of sp³-hybridized carbons (Fsp3) is 1.00. The van der Waals surface area contributed by atoms with E-state index in [1.807, 2.05) is 0 Å². The first-order valence-electron chi connectivity index (χ1n) is 3.88. The smallest absolute Gasteiger partial charge is 0.0960 e. The molecule has 1 heterocycles. The molecule has 0 unspecified atom stereocenters. The van der Waals surface area contributed by atoms with E-state index in [0.29, 0.717) is 0 Å². The van der Waals surface area contributed by atoms with Crippen LogP contribution in [0.3, 0.4) is 0 Å². The van der Waals surface area contributed by atoms with Crippen molar-refractivity contribution < 1.29 is 4.74 Å². The third kappa shape index (κ3) is 2.05. The Bertz CT molecular complexity index is 79.1. The molecule has 0 aliphatic carbocycles. The van der Waals surface area contributed by atoms with E-state index in [4.69, 9.17) is 4.74 Å². The maximum atomic E-state index is 5.25. The minimum absolute atomic E-state index is 0.855. The van der Waals surface area contributed by atoms with E-state index in [9.17, 15) is 0 Å². The first-order valence-corrected chi connectivity index (χ1v) is 3.88. The van der Waals surface area contributed by atoms with Gasteiger partial charge in [-0.2, -0.15) is 0 Å². The number of ether oxygens (including phenoxy) is 1. The highest BCUT2D eigenvalue weighted by Gasteiger charge is 2.16. The van der Waals surface area contributed by atoms with Crippen LogP contribution in [0.25, 0.3) is 0 Å². The van der Waals surface area contributed by atoms with Crippen molar-refractivity contribution in [3.8, 4) is 0 Å². The summed E-state index contributed by atoms with van der Waals surface area (Å²) in [6, 6.07) is 0. The van der Waals surface area contributed by atoms with Gasteiger partial charge in [-0.15, -0.1) is 0 Å². The van der Waals surface area contributed by atoms with Crippen molar-refractivity contribution in [3.05, 3.63) is 0 Å². The van der Waals surface area contributed by atoms with Crippen LogP contribution in [0.2, 0.25) is 5.72 Å². The molecule has 1 rings (SSSR count). The Morgan fingerprint density at radius 2 is 1.78 bits per heavy atom. The van der Waals surface area contributed by atoms with Crippen LogP contribution in [0.1, 0.15) is 12.8 Å². The second-order valence-electron chi connectivity index (χ2n) is 3.19. The van der Waals surface area contributed by atoms with Crippen molar-refractivity contribution in [3.63, 3.8) is 0 Å². The minimum Gasteiger partial charge on any atom is -0.381 e. The molecular formula is C6H14B2O. The molecule has 0 aromatic heterocycles. The Kier molecular flexibility index (Phi) is 2.65. The van der Waals surface area contributed by atoms with Crippen molar-refractivity contribution >= 4 is 15.7 Å². The minimum atomic E-state index is 0.855. The zero-order valence-corrected chi connectivity index (χ0v) is 6.39. The first kappa shape index (κ1) is 7.20. The maximum absolute atomic E-state index is 5.25. The van der Waals surface area contributed by atoms with Gasteiger partial charge in [0.1, 0.15) is 0 Å². The van der Waals surface area contributed by atoms with Crippen LogP contribution < -0.4 is 0 Å². The standard InChI is InChI=1S/C6H14B2O/c7-6(8)5-1-3-9-4-2-5/h5-6H,1-4,7-8H2. The maximum Gasteiger partial charge on any atom is 0.0960 e. The number of rotatable bonds is 1. The molecule has 0 radical (unpaired) electrons. The molecule has 0 amide bonds. The molecular weight excluding hydrogens is 110 g/mol. The zero-order valence-electron chi connectivity index (χ0n) is 6.39. The summed E-state index contributed by atoms with van der Waals surface area (Å²) in [6.07, 6.45) is 2.55. The van der Waals surface area contributed by atoms with Gasteiger partial charge in [-0.3, -0.25) is 0 Å². The lowest BCUT2D eigenvalue weighted by Crippen LogP contribution is -2.20. The quantitative estimate of drug-likeness (QED) is 0.425. The Balaban J connectivity index is 2.23. The summed E-state index contributed by atoms with van der Waals surface area (Å²) in [7, 11) is 4.60. The number of hydrogen-bond donors (Lipinski definition) is 0. The molecule has 0 atom stereocenters. The van der Waals surface area contributed by atoms with Crippen molar-refractivity contribution in [2.45, 2.75) is 18.6 Å². The Labute approximate surface area is 59.0 Å². The third-order valence-corrected chi connectivity index (χ3v) is 2.21. The normalized spacial score (nSPS) is 22.8. The zero-order chi connectivity index (χ0) is 6.69. The third-order valence-electron chi connectivity index (χ3n) is 2.21. The highest BCUT2D eigenvalue weighted by molar-refractivity contribution is 6.35. The van der Waals surface area contributed by atoms with Gasteiger partial charge in [0.2, 0.25) is 0 Å². The molecule has 1 aliphatic heterocycles. The van der Waals surface area contributed by atoms with E-state index in [-0.39, 0.29) is 0 Å². The van der Waals surface area contributed by atoms with E-state index >= 15 is 0 Å². The van der Waals surface area contributed by atoms with Gasteiger partial charge in [-0.05, 0) is 18.8 Å². The lowest BCUT2D eigenvalue weighted by atomic mass is 9.61. The summed E-state index contributed by atoms with van der Waals surface area (Å²) in [5.74, 6) is 0.929. The highest BCUT2D eigenvalue weighted by atomic mass is 16.5. The monoisotopic (exact) mass is 124 g/mol. The van der Waals surface area contributed by atoms with E-state index in [1.165, 1.54) is 12.8 Å². The topological polar surface area (TPSA) is 9.23 Å². The SMILES string of the molecule is BC(B)C1CCOCC1. The molecule has 0 saturated carbocycles. The molecule has 1 fully saturated rings. The molecule has 0 bridgehead atoms. The second-order valence-corrected chi connectivity index (χ2v) is 3.19. The molecule has 9 heavy (non-hydrogen) atoms. The summed E-state index contributed by atoms with van der Waals surface area (Å²) >= 11 is 0. The average Bonchev–Trinajstić information content (AvgIpc) is 1.90. The van der Waals surface area contributed by atoms with Gasteiger partial charge >= 0.3 is 0 Å². The molecule has 0 aromatic rings. The molecule has 1 nitrogen and oxygen atoms in total. The summed E-state index contributed by atoms with van der Waals surface area (Å²) < 4.78 is 5.25. The van der Waals surface area contributed by atoms with Gasteiger partial charge in [0, 0.05) is 13.2 Å². The summed E-state index contributed by atoms with van der Waals surface area (Å²) in [6.45, 7) is 1.98. The Morgan fingerprint density at radius 1 is 1.22 bits per heavy atom. The van der Waals surface area contributed by atoms with Crippen molar-refractivity contribution in [1.82, 2.24) is 0 Å². The predicted octanol–water partition coefficient (Wildman–Crippen LogP) is -0.575. The van der Waals surface area contributed by atoms with Crippen molar-refractivity contribution in [1.29, 1.82) is 0 Å². The fourth-order valence-corrected chi connectivity index (χ4v) is 1.38. The number of hydrogen-bond acceptors (Lipinski definition) is 1. The fourth-order valence-electron chi connectivity index (χ4n) is 1.38. The Hall–Kier alpha value is 0.0899. The second kappa shape index (κ2) is 3.31. The van der Waals surface area contributed by atoms with Crippen LogP contribution >= 0.6 is 0 Å². The van der Waals surface area contributed by atoms with Crippen molar-refractivity contribution in [2.24, 2.45) is 5.92 Å². The van der Waals surface area contributed by atoms with Gasteiger partial charge in [0.25, 0.3) is 0 Å². The van der Waals surface area contributed by atoms with E-state index in [1.54, 1.807) is 0 Å². The van der Waals surface area contributed by atoms with Gasteiger partial charge < -0.3 is 4.74 Å². The molecule has 0 aromatic carbocycles. The molecule has 1 aliphatic rings. The summed E-state index contributed by atoms with van der Waals surface area (Å²) in [4.78, 5) is 0. The summed E-state index contributed by atoms with van der Waals surface area (Å²) in [5.41, 5.74) is 0.855. The average molecular weight is 124 g/mol. The van der Waals surface area contributed by atoms with Crippen LogP contribution in [0.5, 0.6) is 0 Å². The first-order chi connectivity index (χ1) is 4.30. The largest absolute Gasteiger partial charge is 0.381 e. The van der Waals surface area contributed by atoms with E-state index in [0.717, 1.165) is 24.8 Å². The predicted molar refractivity (Wildman–Crippen MR) is 44.4 cm³/mol. The van der Waals surface area contributed by atoms with Crippen LogP contribution in [-0.2, 0) is 4.74 Å². The molecule has 0 spiro atoms. The molecule has 50 valence electrons. The highest BCUT2D eigenvalue weighted by Crippen LogP contribution is 2.22.